The van der Waals surface area contributed by atoms with Crippen LogP contribution >= 0.6 is 0 Å². The standard InChI is InChI=1S/C18H26N4O5S/c1-12(23)20-14-8-9-16(22-28(2,26)27)15(10-14)18(25)19-11-17(24)21-13-6-4-3-5-7-13/h8-10,13,22H,3-7,11H2,1-2H3,(H,19,25)(H,20,23)(H,21,24). The summed E-state index contributed by atoms with van der Waals surface area (Å²) in [5.41, 5.74) is 0.396. The molecule has 1 aromatic carbocycles. The van der Waals surface area contributed by atoms with Gasteiger partial charge in [-0.3, -0.25) is 19.1 Å². The van der Waals surface area contributed by atoms with Gasteiger partial charge >= 0.3 is 0 Å². The van der Waals surface area contributed by atoms with Gasteiger partial charge in [-0.2, -0.15) is 0 Å². The van der Waals surface area contributed by atoms with Gasteiger partial charge in [0.15, 0.2) is 0 Å². The van der Waals surface area contributed by atoms with E-state index in [0.717, 1.165) is 31.9 Å². The van der Waals surface area contributed by atoms with E-state index < -0.39 is 15.9 Å². The van der Waals surface area contributed by atoms with Gasteiger partial charge in [-0.1, -0.05) is 19.3 Å². The average Bonchev–Trinajstić information content (AvgIpc) is 2.60. The number of hydrogen-bond acceptors (Lipinski definition) is 5. The van der Waals surface area contributed by atoms with Crippen molar-refractivity contribution in [1.29, 1.82) is 0 Å². The molecule has 4 N–H and O–H groups in total. The SMILES string of the molecule is CC(=O)Nc1ccc(NS(C)(=O)=O)c(C(=O)NCC(=O)NC2CCCCC2)c1. The third-order valence-electron chi connectivity index (χ3n) is 4.26. The van der Waals surface area contributed by atoms with Crippen LogP contribution in [0.4, 0.5) is 11.4 Å². The van der Waals surface area contributed by atoms with Gasteiger partial charge in [0.25, 0.3) is 5.91 Å². The molecule has 10 heteroatoms. The van der Waals surface area contributed by atoms with Gasteiger partial charge in [0, 0.05) is 18.7 Å². The van der Waals surface area contributed by atoms with Crippen LogP contribution in [0.1, 0.15) is 49.4 Å². The Labute approximate surface area is 164 Å². The molecule has 0 unspecified atom stereocenters. The van der Waals surface area contributed by atoms with Crippen LogP contribution in [0.3, 0.4) is 0 Å². The first-order chi connectivity index (χ1) is 13.1. The lowest BCUT2D eigenvalue weighted by molar-refractivity contribution is -0.121. The molecule has 1 aliphatic rings. The average molecular weight is 410 g/mol. The Bertz CT molecular complexity index is 848. The third-order valence-corrected chi connectivity index (χ3v) is 4.85. The molecule has 0 aromatic heterocycles. The molecule has 0 aliphatic heterocycles. The number of amides is 3. The van der Waals surface area contributed by atoms with Crippen LogP contribution in [0.2, 0.25) is 0 Å². The predicted molar refractivity (Wildman–Crippen MR) is 107 cm³/mol. The summed E-state index contributed by atoms with van der Waals surface area (Å²) in [6.07, 6.45) is 6.15. The lowest BCUT2D eigenvalue weighted by Gasteiger charge is -2.22. The Hall–Kier alpha value is -2.62. The fourth-order valence-electron chi connectivity index (χ4n) is 3.08. The maximum atomic E-state index is 12.5. The number of rotatable bonds is 7. The molecule has 9 nitrogen and oxygen atoms in total. The van der Waals surface area contributed by atoms with Gasteiger partial charge in [-0.25, -0.2) is 8.42 Å². The van der Waals surface area contributed by atoms with Crippen molar-refractivity contribution in [3.63, 3.8) is 0 Å². The van der Waals surface area contributed by atoms with E-state index in [1.165, 1.54) is 31.5 Å². The monoisotopic (exact) mass is 410 g/mol. The first kappa shape index (κ1) is 21.7. The van der Waals surface area contributed by atoms with Gasteiger partial charge in [-0.05, 0) is 31.0 Å². The van der Waals surface area contributed by atoms with Crippen molar-refractivity contribution >= 4 is 39.1 Å². The van der Waals surface area contributed by atoms with E-state index in [9.17, 15) is 22.8 Å². The molecule has 1 aromatic rings. The van der Waals surface area contributed by atoms with Crippen molar-refractivity contribution in [3.05, 3.63) is 23.8 Å². The Morgan fingerprint density at radius 2 is 1.79 bits per heavy atom. The van der Waals surface area contributed by atoms with Crippen molar-refractivity contribution in [3.8, 4) is 0 Å². The molecule has 0 bridgehead atoms. The minimum absolute atomic E-state index is 0.00198. The second-order valence-corrected chi connectivity index (χ2v) is 8.65. The minimum atomic E-state index is -3.62. The van der Waals surface area contributed by atoms with Crippen molar-refractivity contribution in [2.75, 3.05) is 22.8 Å². The Kier molecular flexibility index (Phi) is 7.38. The highest BCUT2D eigenvalue weighted by molar-refractivity contribution is 7.92. The van der Waals surface area contributed by atoms with Gasteiger partial charge in [0.1, 0.15) is 0 Å². The summed E-state index contributed by atoms with van der Waals surface area (Å²) in [6, 6.07) is 4.33. The number of anilines is 2. The number of nitrogens with one attached hydrogen (secondary N) is 4. The van der Waals surface area contributed by atoms with E-state index >= 15 is 0 Å². The van der Waals surface area contributed by atoms with Gasteiger partial charge < -0.3 is 16.0 Å². The molecule has 3 amide bonds. The van der Waals surface area contributed by atoms with Crippen molar-refractivity contribution in [2.24, 2.45) is 0 Å². The predicted octanol–water partition coefficient (Wildman–Crippen LogP) is 1.20. The molecule has 154 valence electrons. The first-order valence-corrected chi connectivity index (χ1v) is 11.0. The summed E-state index contributed by atoms with van der Waals surface area (Å²) in [4.78, 5) is 35.9. The third kappa shape index (κ3) is 7.18. The molecule has 0 heterocycles. The van der Waals surface area contributed by atoms with E-state index in [1.807, 2.05) is 0 Å². The second-order valence-electron chi connectivity index (χ2n) is 6.90. The summed E-state index contributed by atoms with van der Waals surface area (Å²) in [5, 5.41) is 7.92. The smallest absolute Gasteiger partial charge is 0.253 e. The van der Waals surface area contributed by atoms with Crippen LogP contribution in [0.25, 0.3) is 0 Å². The molecule has 0 spiro atoms. The van der Waals surface area contributed by atoms with Crippen molar-refractivity contribution < 1.29 is 22.8 Å². The molecule has 1 aliphatic carbocycles. The summed E-state index contributed by atoms with van der Waals surface area (Å²) in [7, 11) is -3.62. The zero-order valence-corrected chi connectivity index (χ0v) is 16.8. The molecule has 2 rings (SSSR count). The fourth-order valence-corrected chi connectivity index (χ4v) is 3.66. The quantitative estimate of drug-likeness (QED) is 0.536. The summed E-state index contributed by atoms with van der Waals surface area (Å²) >= 11 is 0. The summed E-state index contributed by atoms with van der Waals surface area (Å²) < 4.78 is 25.4. The highest BCUT2D eigenvalue weighted by atomic mass is 32.2. The highest BCUT2D eigenvalue weighted by Gasteiger charge is 2.18. The van der Waals surface area contributed by atoms with E-state index in [2.05, 4.69) is 20.7 Å². The maximum Gasteiger partial charge on any atom is 0.253 e. The zero-order chi connectivity index (χ0) is 20.7. The van der Waals surface area contributed by atoms with Crippen LogP contribution in [-0.4, -0.2) is 45.0 Å². The van der Waals surface area contributed by atoms with Crippen LogP contribution in [-0.2, 0) is 19.6 Å². The fraction of sp³-hybridized carbons (Fsp3) is 0.500. The topological polar surface area (TPSA) is 133 Å². The highest BCUT2D eigenvalue weighted by Crippen LogP contribution is 2.22. The molecular weight excluding hydrogens is 384 g/mol. The maximum absolute atomic E-state index is 12.5. The first-order valence-electron chi connectivity index (χ1n) is 9.11. The van der Waals surface area contributed by atoms with Gasteiger partial charge in [0.2, 0.25) is 21.8 Å². The van der Waals surface area contributed by atoms with E-state index in [-0.39, 0.29) is 35.7 Å². The molecular formula is C18H26N4O5S. The molecule has 0 atom stereocenters. The number of carbonyl (C=O) groups excluding carboxylic acids is 3. The molecule has 28 heavy (non-hydrogen) atoms. The lowest BCUT2D eigenvalue weighted by Crippen LogP contribution is -2.42. The number of benzene rings is 1. The van der Waals surface area contributed by atoms with Crippen LogP contribution in [0, 0.1) is 0 Å². The minimum Gasteiger partial charge on any atom is -0.352 e. The Morgan fingerprint density at radius 1 is 1.11 bits per heavy atom. The van der Waals surface area contributed by atoms with Gasteiger partial charge in [-0.15, -0.1) is 0 Å². The lowest BCUT2D eigenvalue weighted by atomic mass is 9.95. The normalized spacial score (nSPS) is 14.8. The van der Waals surface area contributed by atoms with Crippen molar-refractivity contribution in [2.45, 2.75) is 45.1 Å². The van der Waals surface area contributed by atoms with Crippen LogP contribution < -0.4 is 20.7 Å². The van der Waals surface area contributed by atoms with E-state index in [0.29, 0.717) is 5.69 Å². The number of sulfonamides is 1. The number of hydrogen-bond donors (Lipinski definition) is 4. The molecule has 1 saturated carbocycles. The van der Waals surface area contributed by atoms with Crippen LogP contribution in [0.5, 0.6) is 0 Å². The molecule has 0 radical (unpaired) electrons. The zero-order valence-electron chi connectivity index (χ0n) is 16.0. The van der Waals surface area contributed by atoms with Crippen LogP contribution in [0.15, 0.2) is 18.2 Å². The summed E-state index contributed by atoms with van der Waals surface area (Å²) in [5.74, 6) is -1.25. The molecule has 0 saturated heterocycles. The second kappa shape index (κ2) is 9.54. The Morgan fingerprint density at radius 3 is 2.39 bits per heavy atom. The Balaban J connectivity index is 2.07. The summed E-state index contributed by atoms with van der Waals surface area (Å²) in [6.45, 7) is 1.09. The van der Waals surface area contributed by atoms with Crippen molar-refractivity contribution in [1.82, 2.24) is 10.6 Å². The van der Waals surface area contributed by atoms with E-state index in [4.69, 9.17) is 0 Å². The largest absolute Gasteiger partial charge is 0.352 e. The number of carbonyl (C=O) groups is 3. The van der Waals surface area contributed by atoms with E-state index in [1.54, 1.807) is 0 Å². The van der Waals surface area contributed by atoms with Gasteiger partial charge in [0.05, 0.1) is 24.1 Å². The molecule has 1 fully saturated rings.